The van der Waals surface area contributed by atoms with Gasteiger partial charge in [0.25, 0.3) is 0 Å². The second-order valence-corrected chi connectivity index (χ2v) is 4.52. The van der Waals surface area contributed by atoms with Gasteiger partial charge in [0.2, 0.25) is 5.91 Å². The Bertz CT molecular complexity index is 644. The zero-order chi connectivity index (χ0) is 14.7. The smallest absolute Gasteiger partial charge is 0.335 e. The summed E-state index contributed by atoms with van der Waals surface area (Å²) in [6, 6.07) is 7.91. The van der Waals surface area contributed by atoms with Gasteiger partial charge in [-0.3, -0.25) is 9.48 Å². The number of aryl methyl sites for hydroxylation is 2. The lowest BCUT2D eigenvalue weighted by Crippen LogP contribution is -2.20. The number of nitrogens with one attached hydrogen (secondary N) is 1. The molecule has 0 saturated carbocycles. The van der Waals surface area contributed by atoms with Gasteiger partial charge in [0.05, 0.1) is 11.3 Å². The van der Waals surface area contributed by atoms with Crippen LogP contribution in [0.5, 0.6) is 0 Å². The van der Waals surface area contributed by atoms with Crippen molar-refractivity contribution in [2.75, 3.05) is 5.32 Å². The molecule has 1 aromatic carbocycles. The first-order chi connectivity index (χ1) is 9.45. The van der Waals surface area contributed by atoms with Gasteiger partial charge in [0.1, 0.15) is 6.54 Å². The molecule has 20 heavy (non-hydrogen) atoms. The van der Waals surface area contributed by atoms with Crippen LogP contribution in [0.3, 0.4) is 0 Å². The van der Waals surface area contributed by atoms with E-state index in [0.717, 1.165) is 11.4 Å². The maximum atomic E-state index is 11.9. The summed E-state index contributed by atoms with van der Waals surface area (Å²) in [5.41, 5.74) is 2.52. The Balaban J connectivity index is 2.01. The lowest BCUT2D eigenvalue weighted by molar-refractivity contribution is -0.116. The van der Waals surface area contributed by atoms with Crippen molar-refractivity contribution < 1.29 is 14.7 Å². The van der Waals surface area contributed by atoms with Crippen LogP contribution in [0, 0.1) is 13.8 Å². The number of hydrogen-bond donors (Lipinski definition) is 2. The molecule has 2 N–H and O–H groups in total. The summed E-state index contributed by atoms with van der Waals surface area (Å²) >= 11 is 0. The lowest BCUT2D eigenvalue weighted by atomic mass is 10.2. The molecule has 0 radical (unpaired) electrons. The third-order valence-corrected chi connectivity index (χ3v) is 2.81. The topological polar surface area (TPSA) is 84.2 Å². The number of hydrogen-bond acceptors (Lipinski definition) is 3. The van der Waals surface area contributed by atoms with Crippen LogP contribution in [0.4, 0.5) is 5.69 Å². The maximum absolute atomic E-state index is 11.9. The highest BCUT2D eigenvalue weighted by atomic mass is 16.4. The Morgan fingerprint density at radius 3 is 2.40 bits per heavy atom. The van der Waals surface area contributed by atoms with E-state index in [1.54, 1.807) is 16.8 Å². The first kappa shape index (κ1) is 13.8. The largest absolute Gasteiger partial charge is 0.478 e. The van der Waals surface area contributed by atoms with E-state index in [1.165, 1.54) is 12.1 Å². The SMILES string of the molecule is Cc1cc(C)n(CC(=O)Nc2ccc(C(=O)O)cc2)n1. The third-order valence-electron chi connectivity index (χ3n) is 2.81. The Kier molecular flexibility index (Phi) is 3.84. The molecule has 0 atom stereocenters. The van der Waals surface area contributed by atoms with Crippen LogP contribution < -0.4 is 5.32 Å². The molecule has 0 unspecified atom stereocenters. The van der Waals surface area contributed by atoms with E-state index in [-0.39, 0.29) is 18.0 Å². The fraction of sp³-hybridized carbons (Fsp3) is 0.214. The van der Waals surface area contributed by atoms with Gasteiger partial charge in [-0.05, 0) is 44.2 Å². The summed E-state index contributed by atoms with van der Waals surface area (Å²) in [5.74, 6) is -1.20. The van der Waals surface area contributed by atoms with Crippen LogP contribution in [-0.4, -0.2) is 26.8 Å². The van der Waals surface area contributed by atoms with Gasteiger partial charge < -0.3 is 10.4 Å². The number of carboxylic acid groups (broad SMARTS) is 1. The van der Waals surface area contributed by atoms with Crippen molar-refractivity contribution in [3.8, 4) is 0 Å². The molecule has 1 amide bonds. The van der Waals surface area contributed by atoms with E-state index in [1.807, 2.05) is 19.9 Å². The number of aromatic carboxylic acids is 1. The molecule has 0 aliphatic rings. The van der Waals surface area contributed by atoms with Crippen molar-refractivity contribution in [2.24, 2.45) is 0 Å². The minimum absolute atomic E-state index is 0.125. The Morgan fingerprint density at radius 2 is 1.90 bits per heavy atom. The molecular formula is C14H15N3O3. The summed E-state index contributed by atoms with van der Waals surface area (Å²) in [4.78, 5) is 22.6. The minimum Gasteiger partial charge on any atom is -0.478 e. The molecule has 6 nitrogen and oxygen atoms in total. The molecule has 0 fully saturated rings. The van der Waals surface area contributed by atoms with Crippen molar-refractivity contribution in [3.05, 3.63) is 47.3 Å². The molecule has 1 aromatic heterocycles. The molecule has 2 rings (SSSR count). The molecule has 0 bridgehead atoms. The average molecular weight is 273 g/mol. The monoisotopic (exact) mass is 273 g/mol. The van der Waals surface area contributed by atoms with Crippen molar-refractivity contribution >= 4 is 17.6 Å². The Morgan fingerprint density at radius 1 is 1.25 bits per heavy atom. The highest BCUT2D eigenvalue weighted by Gasteiger charge is 2.08. The fourth-order valence-electron chi connectivity index (χ4n) is 1.87. The summed E-state index contributed by atoms with van der Waals surface area (Å²) in [6.07, 6.45) is 0. The van der Waals surface area contributed by atoms with Crippen LogP contribution in [0.2, 0.25) is 0 Å². The van der Waals surface area contributed by atoms with E-state index < -0.39 is 5.97 Å². The first-order valence-corrected chi connectivity index (χ1v) is 6.10. The second-order valence-electron chi connectivity index (χ2n) is 4.52. The fourth-order valence-corrected chi connectivity index (χ4v) is 1.87. The van der Waals surface area contributed by atoms with Gasteiger partial charge in [0.15, 0.2) is 0 Å². The van der Waals surface area contributed by atoms with Crippen LogP contribution in [0.1, 0.15) is 21.7 Å². The predicted molar refractivity (Wildman–Crippen MR) is 73.7 cm³/mol. The zero-order valence-electron chi connectivity index (χ0n) is 11.3. The number of carboxylic acids is 1. The van der Waals surface area contributed by atoms with E-state index in [2.05, 4.69) is 10.4 Å². The van der Waals surface area contributed by atoms with Crippen molar-refractivity contribution in [2.45, 2.75) is 20.4 Å². The molecule has 6 heteroatoms. The number of carbonyl (C=O) groups excluding carboxylic acids is 1. The number of amides is 1. The highest BCUT2D eigenvalue weighted by molar-refractivity contribution is 5.92. The number of carbonyl (C=O) groups is 2. The standard InChI is InChI=1S/C14H15N3O3/c1-9-7-10(2)17(16-9)8-13(18)15-12-5-3-11(4-6-12)14(19)20/h3-7H,8H2,1-2H3,(H,15,18)(H,19,20). The Labute approximate surface area is 116 Å². The van der Waals surface area contributed by atoms with Gasteiger partial charge in [-0.25, -0.2) is 4.79 Å². The van der Waals surface area contributed by atoms with Crippen LogP contribution in [0.15, 0.2) is 30.3 Å². The molecule has 0 spiro atoms. The summed E-state index contributed by atoms with van der Waals surface area (Å²) in [7, 11) is 0. The van der Waals surface area contributed by atoms with Crippen LogP contribution >= 0.6 is 0 Å². The van der Waals surface area contributed by atoms with Gasteiger partial charge in [0, 0.05) is 11.4 Å². The summed E-state index contributed by atoms with van der Waals surface area (Å²) in [5, 5.41) is 15.7. The summed E-state index contributed by atoms with van der Waals surface area (Å²) < 4.78 is 1.62. The third kappa shape index (κ3) is 3.23. The van der Waals surface area contributed by atoms with Crippen molar-refractivity contribution in [1.29, 1.82) is 0 Å². The predicted octanol–water partition coefficient (Wildman–Crippen LogP) is 1.84. The zero-order valence-corrected chi connectivity index (χ0v) is 11.3. The molecule has 104 valence electrons. The maximum Gasteiger partial charge on any atom is 0.335 e. The molecule has 0 saturated heterocycles. The number of nitrogens with zero attached hydrogens (tertiary/aromatic N) is 2. The van der Waals surface area contributed by atoms with E-state index in [9.17, 15) is 9.59 Å². The quantitative estimate of drug-likeness (QED) is 0.890. The number of benzene rings is 1. The van der Waals surface area contributed by atoms with Gasteiger partial charge >= 0.3 is 5.97 Å². The van der Waals surface area contributed by atoms with Crippen LogP contribution in [-0.2, 0) is 11.3 Å². The van der Waals surface area contributed by atoms with Crippen molar-refractivity contribution in [1.82, 2.24) is 9.78 Å². The number of rotatable bonds is 4. The number of anilines is 1. The average Bonchev–Trinajstić information content (AvgIpc) is 2.68. The molecule has 1 heterocycles. The van der Waals surface area contributed by atoms with Crippen molar-refractivity contribution in [3.63, 3.8) is 0 Å². The normalized spacial score (nSPS) is 10.3. The molecule has 2 aromatic rings. The highest BCUT2D eigenvalue weighted by Crippen LogP contribution is 2.10. The molecule has 0 aliphatic carbocycles. The lowest BCUT2D eigenvalue weighted by Gasteiger charge is -2.07. The van der Waals surface area contributed by atoms with E-state index in [4.69, 9.17) is 5.11 Å². The molecular weight excluding hydrogens is 258 g/mol. The number of aromatic nitrogens is 2. The van der Waals surface area contributed by atoms with Crippen LogP contribution in [0.25, 0.3) is 0 Å². The summed E-state index contributed by atoms with van der Waals surface area (Å²) in [6.45, 7) is 3.88. The second kappa shape index (κ2) is 5.56. The minimum atomic E-state index is -0.995. The van der Waals surface area contributed by atoms with Gasteiger partial charge in [-0.2, -0.15) is 5.10 Å². The Hall–Kier alpha value is -2.63. The van der Waals surface area contributed by atoms with E-state index in [0.29, 0.717) is 5.69 Å². The van der Waals surface area contributed by atoms with Gasteiger partial charge in [-0.15, -0.1) is 0 Å². The van der Waals surface area contributed by atoms with E-state index >= 15 is 0 Å². The molecule has 0 aliphatic heterocycles. The van der Waals surface area contributed by atoms with Gasteiger partial charge in [-0.1, -0.05) is 0 Å². The first-order valence-electron chi connectivity index (χ1n) is 6.10.